The van der Waals surface area contributed by atoms with Crippen LogP contribution in [0.5, 0.6) is 5.75 Å². The van der Waals surface area contributed by atoms with Gasteiger partial charge in [-0.15, -0.1) is 0 Å². The number of nitrogens with zero attached hydrogens (tertiary/aromatic N) is 3. The Morgan fingerprint density at radius 1 is 1.06 bits per heavy atom. The highest BCUT2D eigenvalue weighted by Crippen LogP contribution is 2.20. The van der Waals surface area contributed by atoms with Crippen LogP contribution in [0, 0.1) is 0 Å². The van der Waals surface area contributed by atoms with Crippen LogP contribution in [0.1, 0.15) is 16.1 Å². The van der Waals surface area contributed by atoms with Crippen LogP contribution in [0.15, 0.2) is 77.2 Å². The number of carbonyl (C=O) groups excluding carboxylic acids is 2. The molecule has 8 heteroatoms. The summed E-state index contributed by atoms with van der Waals surface area (Å²) >= 11 is 0. The molecule has 32 heavy (non-hydrogen) atoms. The van der Waals surface area contributed by atoms with Gasteiger partial charge in [0.2, 0.25) is 0 Å². The minimum atomic E-state index is -0.351. The predicted octanol–water partition coefficient (Wildman–Crippen LogP) is 2.80. The van der Waals surface area contributed by atoms with Gasteiger partial charge in [0, 0.05) is 50.1 Å². The summed E-state index contributed by atoms with van der Waals surface area (Å²) in [4.78, 5) is 34.2. The molecule has 1 N–H and O–H groups in total. The van der Waals surface area contributed by atoms with Gasteiger partial charge in [-0.25, -0.2) is 4.98 Å². The molecule has 1 fully saturated rings. The van der Waals surface area contributed by atoms with Crippen LogP contribution in [-0.2, 0) is 4.79 Å². The summed E-state index contributed by atoms with van der Waals surface area (Å²) in [7, 11) is 1.62. The molecule has 3 aromatic rings. The van der Waals surface area contributed by atoms with E-state index >= 15 is 0 Å². The Labute approximate surface area is 186 Å². The van der Waals surface area contributed by atoms with E-state index in [2.05, 4.69) is 15.2 Å². The third-order valence-corrected chi connectivity index (χ3v) is 5.19. The number of anilines is 1. The van der Waals surface area contributed by atoms with Gasteiger partial charge < -0.3 is 24.3 Å². The summed E-state index contributed by atoms with van der Waals surface area (Å²) in [6.07, 6.45) is 4.78. The summed E-state index contributed by atoms with van der Waals surface area (Å²) in [6.45, 7) is 2.22. The Hall–Kier alpha value is -4.07. The lowest BCUT2D eigenvalue weighted by Crippen LogP contribution is -2.50. The standard InChI is InChI=1S/C24H24N4O4/c1-31-19-9-10-25-22(17-19)27-11-13-28(14-12-27)24(30)21(16-20-8-5-15-32-20)26-23(29)18-6-3-2-4-7-18/h2-10,15-17H,11-14H2,1H3,(H,26,29)/b21-16-. The van der Waals surface area contributed by atoms with Crippen molar-refractivity contribution in [2.45, 2.75) is 0 Å². The van der Waals surface area contributed by atoms with Crippen LogP contribution in [0.2, 0.25) is 0 Å². The number of furan rings is 1. The first kappa shape index (κ1) is 21.2. The maximum Gasteiger partial charge on any atom is 0.270 e. The molecular formula is C24H24N4O4. The van der Waals surface area contributed by atoms with E-state index in [0.29, 0.717) is 37.5 Å². The lowest BCUT2D eigenvalue weighted by Gasteiger charge is -2.35. The Morgan fingerprint density at radius 2 is 1.84 bits per heavy atom. The average molecular weight is 432 g/mol. The van der Waals surface area contributed by atoms with Crippen molar-refractivity contribution in [3.05, 3.63) is 84.1 Å². The Morgan fingerprint density at radius 3 is 2.53 bits per heavy atom. The normalized spacial score (nSPS) is 14.2. The molecule has 0 atom stereocenters. The van der Waals surface area contributed by atoms with Crippen molar-refractivity contribution in [2.75, 3.05) is 38.2 Å². The minimum Gasteiger partial charge on any atom is -0.497 e. The molecule has 164 valence electrons. The lowest BCUT2D eigenvalue weighted by atomic mass is 10.2. The van der Waals surface area contributed by atoms with Gasteiger partial charge in [0.1, 0.15) is 23.0 Å². The Bertz CT molecular complexity index is 1090. The summed E-state index contributed by atoms with van der Waals surface area (Å²) < 4.78 is 10.6. The van der Waals surface area contributed by atoms with E-state index < -0.39 is 0 Å². The number of methoxy groups -OCH3 is 1. The van der Waals surface area contributed by atoms with Gasteiger partial charge in [0.05, 0.1) is 13.4 Å². The molecule has 2 amide bonds. The maximum atomic E-state index is 13.3. The Kier molecular flexibility index (Phi) is 6.50. The van der Waals surface area contributed by atoms with Crippen molar-refractivity contribution in [1.29, 1.82) is 0 Å². The first-order valence-electron chi connectivity index (χ1n) is 10.3. The second-order valence-corrected chi connectivity index (χ2v) is 7.23. The molecular weight excluding hydrogens is 408 g/mol. The fourth-order valence-electron chi connectivity index (χ4n) is 3.46. The molecule has 0 spiro atoms. The molecule has 0 unspecified atom stereocenters. The zero-order valence-electron chi connectivity index (χ0n) is 17.7. The summed E-state index contributed by atoms with van der Waals surface area (Å²) in [5.74, 6) is 1.42. The fraction of sp³-hybridized carbons (Fsp3) is 0.208. The van der Waals surface area contributed by atoms with E-state index in [0.717, 1.165) is 11.6 Å². The van der Waals surface area contributed by atoms with Gasteiger partial charge in [0.15, 0.2) is 0 Å². The smallest absolute Gasteiger partial charge is 0.270 e. The third-order valence-electron chi connectivity index (χ3n) is 5.19. The Balaban J connectivity index is 1.47. The van der Waals surface area contributed by atoms with E-state index in [1.54, 1.807) is 66.7 Å². The molecule has 8 nitrogen and oxygen atoms in total. The topological polar surface area (TPSA) is 87.9 Å². The van der Waals surface area contributed by atoms with Crippen LogP contribution in [0.4, 0.5) is 5.82 Å². The number of hydrogen-bond acceptors (Lipinski definition) is 6. The van der Waals surface area contributed by atoms with Gasteiger partial charge in [-0.3, -0.25) is 9.59 Å². The quantitative estimate of drug-likeness (QED) is 0.603. The molecule has 1 aliphatic heterocycles. The zero-order chi connectivity index (χ0) is 22.3. The van der Waals surface area contributed by atoms with E-state index in [9.17, 15) is 9.59 Å². The van der Waals surface area contributed by atoms with Crippen molar-refractivity contribution in [1.82, 2.24) is 15.2 Å². The number of pyridine rings is 1. The van der Waals surface area contributed by atoms with Crippen LogP contribution < -0.4 is 15.0 Å². The lowest BCUT2D eigenvalue weighted by molar-refractivity contribution is -0.127. The molecule has 0 aliphatic carbocycles. The maximum absolute atomic E-state index is 13.3. The summed E-state index contributed by atoms with van der Waals surface area (Å²) in [6, 6.07) is 15.9. The SMILES string of the molecule is COc1ccnc(N2CCN(C(=O)/C(=C/c3ccco3)NC(=O)c3ccccc3)CC2)c1. The number of amides is 2. The van der Waals surface area contributed by atoms with E-state index in [-0.39, 0.29) is 17.5 Å². The number of hydrogen-bond donors (Lipinski definition) is 1. The molecule has 2 aromatic heterocycles. The molecule has 4 rings (SSSR count). The first-order valence-corrected chi connectivity index (χ1v) is 10.3. The van der Waals surface area contributed by atoms with Crippen molar-refractivity contribution >= 4 is 23.7 Å². The van der Waals surface area contributed by atoms with Crippen molar-refractivity contribution < 1.29 is 18.7 Å². The zero-order valence-corrected chi connectivity index (χ0v) is 17.7. The van der Waals surface area contributed by atoms with Gasteiger partial charge in [-0.05, 0) is 30.3 Å². The second-order valence-electron chi connectivity index (χ2n) is 7.23. The minimum absolute atomic E-state index is 0.168. The number of carbonyl (C=O) groups is 2. The molecule has 0 bridgehead atoms. The van der Waals surface area contributed by atoms with Gasteiger partial charge in [0.25, 0.3) is 11.8 Å². The van der Waals surface area contributed by atoms with E-state index in [1.165, 1.54) is 6.26 Å². The first-order chi connectivity index (χ1) is 15.6. The number of aromatic nitrogens is 1. The molecule has 0 saturated carbocycles. The number of ether oxygens (including phenoxy) is 1. The molecule has 1 aromatic carbocycles. The monoisotopic (exact) mass is 432 g/mol. The molecule has 1 saturated heterocycles. The number of nitrogens with one attached hydrogen (secondary N) is 1. The second kappa shape index (κ2) is 9.82. The van der Waals surface area contributed by atoms with E-state index in [1.807, 2.05) is 12.1 Å². The van der Waals surface area contributed by atoms with Gasteiger partial charge in [-0.1, -0.05) is 18.2 Å². The summed E-state index contributed by atoms with van der Waals surface area (Å²) in [5, 5.41) is 2.76. The number of benzene rings is 1. The van der Waals surface area contributed by atoms with Crippen molar-refractivity contribution in [2.24, 2.45) is 0 Å². The molecule has 1 aliphatic rings. The van der Waals surface area contributed by atoms with Gasteiger partial charge in [-0.2, -0.15) is 0 Å². The fourth-order valence-corrected chi connectivity index (χ4v) is 3.46. The van der Waals surface area contributed by atoms with Crippen molar-refractivity contribution in [3.63, 3.8) is 0 Å². The summed E-state index contributed by atoms with van der Waals surface area (Å²) in [5.41, 5.74) is 0.640. The largest absolute Gasteiger partial charge is 0.497 e. The number of piperazine rings is 1. The average Bonchev–Trinajstić information content (AvgIpc) is 3.37. The highest BCUT2D eigenvalue weighted by atomic mass is 16.5. The van der Waals surface area contributed by atoms with Crippen LogP contribution in [0.3, 0.4) is 0 Å². The number of rotatable bonds is 6. The molecule has 3 heterocycles. The highest BCUT2D eigenvalue weighted by Gasteiger charge is 2.26. The highest BCUT2D eigenvalue weighted by molar-refractivity contribution is 6.05. The van der Waals surface area contributed by atoms with Crippen LogP contribution in [-0.4, -0.2) is 55.0 Å². The van der Waals surface area contributed by atoms with Gasteiger partial charge >= 0.3 is 0 Å². The molecule has 0 radical (unpaired) electrons. The van der Waals surface area contributed by atoms with Crippen molar-refractivity contribution in [3.8, 4) is 5.75 Å². The third kappa shape index (κ3) is 4.97. The van der Waals surface area contributed by atoms with Crippen LogP contribution >= 0.6 is 0 Å². The predicted molar refractivity (Wildman–Crippen MR) is 120 cm³/mol. The van der Waals surface area contributed by atoms with E-state index in [4.69, 9.17) is 9.15 Å². The van der Waals surface area contributed by atoms with Crippen LogP contribution in [0.25, 0.3) is 6.08 Å².